The Kier molecular flexibility index (Phi) is 7.21. The number of carbonyl (C=O) groups excluding carboxylic acids is 1. The number of rotatable bonds is 9. The molecule has 1 aromatic carbocycles. The van der Waals surface area contributed by atoms with Crippen molar-refractivity contribution in [2.24, 2.45) is 0 Å². The Morgan fingerprint density at radius 1 is 1.24 bits per heavy atom. The average Bonchev–Trinajstić information content (AvgIpc) is 2.47. The van der Waals surface area contributed by atoms with Crippen molar-refractivity contribution in [2.75, 3.05) is 18.4 Å². The first-order valence-electron chi connectivity index (χ1n) is 7.40. The topological polar surface area (TPSA) is 84.3 Å². The number of benzene rings is 1. The molecule has 21 heavy (non-hydrogen) atoms. The van der Waals surface area contributed by atoms with Crippen LogP contribution in [0.4, 0.5) is 11.4 Å². The number of nitro groups is 1. The highest BCUT2D eigenvalue weighted by Gasteiger charge is 2.20. The number of carbonyl (C=O) groups is 1. The van der Waals surface area contributed by atoms with Crippen LogP contribution in [0.3, 0.4) is 0 Å². The van der Waals surface area contributed by atoms with Crippen molar-refractivity contribution in [3.63, 3.8) is 0 Å². The monoisotopic (exact) mass is 293 g/mol. The lowest BCUT2D eigenvalue weighted by Gasteiger charge is -2.08. The number of nitrogens with one attached hydrogen (secondary N) is 2. The SMILES string of the molecule is CCCCCCNC(=O)c1cc(NCC)ccc1[N+](=O)[O-]. The van der Waals surface area contributed by atoms with E-state index in [4.69, 9.17) is 0 Å². The molecule has 2 N–H and O–H groups in total. The van der Waals surface area contributed by atoms with E-state index in [0.717, 1.165) is 25.7 Å². The number of hydrogen-bond donors (Lipinski definition) is 2. The third-order valence-electron chi connectivity index (χ3n) is 3.13. The molecular formula is C15H23N3O3. The summed E-state index contributed by atoms with van der Waals surface area (Å²) in [6, 6.07) is 4.51. The van der Waals surface area contributed by atoms with Crippen molar-refractivity contribution in [1.82, 2.24) is 5.32 Å². The molecule has 0 aromatic heterocycles. The number of amides is 1. The van der Waals surface area contributed by atoms with Gasteiger partial charge in [-0.2, -0.15) is 0 Å². The third-order valence-corrected chi connectivity index (χ3v) is 3.13. The van der Waals surface area contributed by atoms with Crippen LogP contribution in [-0.2, 0) is 0 Å². The van der Waals surface area contributed by atoms with Gasteiger partial charge in [-0.25, -0.2) is 0 Å². The fourth-order valence-corrected chi connectivity index (χ4v) is 2.04. The van der Waals surface area contributed by atoms with Crippen LogP contribution in [0.2, 0.25) is 0 Å². The smallest absolute Gasteiger partial charge is 0.282 e. The second kappa shape index (κ2) is 8.94. The number of nitrogens with zero attached hydrogens (tertiary/aromatic N) is 1. The van der Waals surface area contributed by atoms with Gasteiger partial charge in [0.15, 0.2) is 0 Å². The molecule has 0 atom stereocenters. The van der Waals surface area contributed by atoms with E-state index in [2.05, 4.69) is 17.6 Å². The lowest BCUT2D eigenvalue weighted by atomic mass is 10.1. The molecule has 0 spiro atoms. The predicted molar refractivity (Wildman–Crippen MR) is 83.7 cm³/mol. The molecule has 0 heterocycles. The lowest BCUT2D eigenvalue weighted by Crippen LogP contribution is -2.25. The maximum absolute atomic E-state index is 12.1. The summed E-state index contributed by atoms with van der Waals surface area (Å²) in [5.74, 6) is -0.391. The first-order valence-corrected chi connectivity index (χ1v) is 7.40. The van der Waals surface area contributed by atoms with Gasteiger partial charge in [-0.1, -0.05) is 26.2 Å². The van der Waals surface area contributed by atoms with E-state index in [0.29, 0.717) is 18.8 Å². The van der Waals surface area contributed by atoms with Gasteiger partial charge in [-0.3, -0.25) is 14.9 Å². The minimum atomic E-state index is -0.526. The summed E-state index contributed by atoms with van der Waals surface area (Å²) in [6.45, 7) is 5.28. The largest absolute Gasteiger partial charge is 0.385 e. The Bertz CT molecular complexity index is 489. The van der Waals surface area contributed by atoms with Crippen molar-refractivity contribution in [3.8, 4) is 0 Å². The third kappa shape index (κ3) is 5.41. The molecule has 0 radical (unpaired) electrons. The van der Waals surface area contributed by atoms with Gasteiger partial charge in [0.2, 0.25) is 0 Å². The summed E-state index contributed by atoms with van der Waals surface area (Å²) in [4.78, 5) is 22.6. The molecule has 0 saturated heterocycles. The summed E-state index contributed by atoms with van der Waals surface area (Å²) in [7, 11) is 0. The van der Waals surface area contributed by atoms with Gasteiger partial charge in [0, 0.05) is 24.8 Å². The van der Waals surface area contributed by atoms with Gasteiger partial charge in [0.25, 0.3) is 11.6 Å². The standard InChI is InChI=1S/C15H23N3O3/c1-3-5-6-7-10-17-15(19)13-11-12(16-4-2)8-9-14(13)18(20)21/h8-9,11,16H,3-7,10H2,1-2H3,(H,17,19). The van der Waals surface area contributed by atoms with Crippen LogP contribution in [0.25, 0.3) is 0 Å². The predicted octanol–water partition coefficient (Wildman–Crippen LogP) is 3.34. The highest BCUT2D eigenvalue weighted by Crippen LogP contribution is 2.22. The average molecular weight is 293 g/mol. The molecule has 0 fully saturated rings. The van der Waals surface area contributed by atoms with Crippen LogP contribution >= 0.6 is 0 Å². The zero-order chi connectivity index (χ0) is 15.7. The quantitative estimate of drug-likeness (QED) is 0.415. The molecule has 1 aromatic rings. The highest BCUT2D eigenvalue weighted by atomic mass is 16.6. The number of unbranched alkanes of at least 4 members (excludes halogenated alkanes) is 3. The molecule has 116 valence electrons. The zero-order valence-electron chi connectivity index (χ0n) is 12.6. The molecule has 1 amide bonds. The summed E-state index contributed by atoms with van der Waals surface area (Å²) in [5, 5.41) is 16.8. The molecule has 1 rings (SSSR count). The van der Waals surface area contributed by atoms with Crippen LogP contribution in [0.1, 0.15) is 49.9 Å². The molecule has 0 aliphatic rings. The van der Waals surface area contributed by atoms with E-state index in [1.54, 1.807) is 6.07 Å². The van der Waals surface area contributed by atoms with E-state index in [-0.39, 0.29) is 11.3 Å². The maximum Gasteiger partial charge on any atom is 0.282 e. The minimum absolute atomic E-state index is 0.106. The van der Waals surface area contributed by atoms with Gasteiger partial charge in [0.05, 0.1) is 4.92 Å². The summed E-state index contributed by atoms with van der Waals surface area (Å²) >= 11 is 0. The van der Waals surface area contributed by atoms with Crippen molar-refractivity contribution < 1.29 is 9.72 Å². The van der Waals surface area contributed by atoms with Gasteiger partial charge < -0.3 is 10.6 Å². The number of anilines is 1. The minimum Gasteiger partial charge on any atom is -0.385 e. The lowest BCUT2D eigenvalue weighted by molar-refractivity contribution is -0.385. The fourth-order valence-electron chi connectivity index (χ4n) is 2.04. The van der Waals surface area contributed by atoms with E-state index in [1.807, 2.05) is 6.92 Å². The normalized spacial score (nSPS) is 10.2. The van der Waals surface area contributed by atoms with Gasteiger partial charge in [0.1, 0.15) is 5.56 Å². The van der Waals surface area contributed by atoms with E-state index in [9.17, 15) is 14.9 Å². The van der Waals surface area contributed by atoms with Crippen LogP contribution in [0, 0.1) is 10.1 Å². The van der Waals surface area contributed by atoms with Crippen LogP contribution in [0.5, 0.6) is 0 Å². The second-order valence-corrected chi connectivity index (χ2v) is 4.84. The van der Waals surface area contributed by atoms with Gasteiger partial charge >= 0.3 is 0 Å². The zero-order valence-corrected chi connectivity index (χ0v) is 12.6. The molecule has 0 aliphatic carbocycles. The first kappa shape index (κ1) is 16.9. The Labute approximate surface area is 125 Å². The van der Waals surface area contributed by atoms with Crippen molar-refractivity contribution >= 4 is 17.3 Å². The van der Waals surface area contributed by atoms with Crippen molar-refractivity contribution in [1.29, 1.82) is 0 Å². The fraction of sp³-hybridized carbons (Fsp3) is 0.533. The molecule has 6 nitrogen and oxygen atoms in total. The number of nitro benzene ring substituents is 1. The summed E-state index contributed by atoms with van der Waals surface area (Å²) < 4.78 is 0. The van der Waals surface area contributed by atoms with E-state index >= 15 is 0 Å². The van der Waals surface area contributed by atoms with E-state index in [1.165, 1.54) is 12.1 Å². The van der Waals surface area contributed by atoms with Gasteiger partial charge in [-0.15, -0.1) is 0 Å². The highest BCUT2D eigenvalue weighted by molar-refractivity contribution is 5.99. The Morgan fingerprint density at radius 2 is 2.00 bits per heavy atom. The van der Waals surface area contributed by atoms with Crippen LogP contribution in [0.15, 0.2) is 18.2 Å². The molecule has 0 aliphatic heterocycles. The van der Waals surface area contributed by atoms with Crippen molar-refractivity contribution in [3.05, 3.63) is 33.9 Å². The molecule has 0 unspecified atom stereocenters. The summed E-state index contributed by atoms with van der Waals surface area (Å²) in [5.41, 5.74) is 0.649. The van der Waals surface area contributed by atoms with Crippen LogP contribution in [-0.4, -0.2) is 23.9 Å². The molecule has 0 saturated carbocycles. The molecule has 0 bridgehead atoms. The Hall–Kier alpha value is -2.11. The Balaban J connectivity index is 2.75. The Morgan fingerprint density at radius 3 is 2.62 bits per heavy atom. The second-order valence-electron chi connectivity index (χ2n) is 4.84. The molecular weight excluding hydrogens is 270 g/mol. The van der Waals surface area contributed by atoms with Gasteiger partial charge in [-0.05, 0) is 25.5 Å². The van der Waals surface area contributed by atoms with Crippen LogP contribution < -0.4 is 10.6 Å². The number of hydrogen-bond acceptors (Lipinski definition) is 4. The first-order chi connectivity index (χ1) is 10.1. The summed E-state index contributed by atoms with van der Waals surface area (Å²) in [6.07, 6.45) is 4.20. The van der Waals surface area contributed by atoms with E-state index < -0.39 is 10.8 Å². The molecule has 6 heteroatoms. The van der Waals surface area contributed by atoms with Crippen molar-refractivity contribution in [2.45, 2.75) is 39.5 Å². The maximum atomic E-state index is 12.1.